The van der Waals surface area contributed by atoms with Crippen LogP contribution in [0.2, 0.25) is 0 Å². The molecule has 0 unspecified atom stereocenters. The van der Waals surface area contributed by atoms with Crippen LogP contribution in [0.25, 0.3) is 0 Å². The first-order chi connectivity index (χ1) is 9.90. The summed E-state index contributed by atoms with van der Waals surface area (Å²) in [5, 5.41) is 2.62. The summed E-state index contributed by atoms with van der Waals surface area (Å²) in [5.74, 6) is -0.318. The number of benzene rings is 1. The van der Waals surface area contributed by atoms with Gasteiger partial charge in [-0.05, 0) is 32.0 Å². The number of hydrogen-bond acceptors (Lipinski definition) is 5. The van der Waals surface area contributed by atoms with Crippen molar-refractivity contribution < 1.29 is 23.8 Å². The van der Waals surface area contributed by atoms with Crippen molar-refractivity contribution in [3.8, 4) is 5.75 Å². The maximum atomic E-state index is 12.2. The van der Waals surface area contributed by atoms with Gasteiger partial charge in [-0.3, -0.25) is 4.79 Å². The zero-order valence-electron chi connectivity index (χ0n) is 12.8. The van der Waals surface area contributed by atoms with Gasteiger partial charge in [0.25, 0.3) is 5.91 Å². The maximum Gasteiger partial charge on any atom is 0.330 e. The monoisotopic (exact) mass is 295 g/mol. The van der Waals surface area contributed by atoms with E-state index < -0.39 is 11.5 Å². The van der Waals surface area contributed by atoms with Crippen LogP contribution in [0.4, 0.5) is 0 Å². The molecule has 1 N–H and O–H groups in total. The number of nitrogens with one attached hydrogen (secondary N) is 1. The predicted molar refractivity (Wildman–Crippen MR) is 77.4 cm³/mol. The Morgan fingerprint density at radius 3 is 2.52 bits per heavy atom. The first-order valence-electron chi connectivity index (χ1n) is 6.53. The molecule has 0 heterocycles. The molecule has 6 heteroatoms. The predicted octanol–water partition coefficient (Wildman–Crippen LogP) is 1.39. The third kappa shape index (κ3) is 5.07. The SMILES string of the molecule is COCCOc1cccc(C(=O)NC(C)(C)C(=O)OC)c1. The molecular formula is C15H21NO5. The molecule has 1 aromatic carbocycles. The second-order valence-corrected chi connectivity index (χ2v) is 4.94. The molecule has 0 aliphatic heterocycles. The van der Waals surface area contributed by atoms with Crippen LogP contribution in [0.3, 0.4) is 0 Å². The Morgan fingerprint density at radius 2 is 1.90 bits per heavy atom. The highest BCUT2D eigenvalue weighted by molar-refractivity contribution is 5.98. The zero-order chi connectivity index (χ0) is 15.9. The number of esters is 1. The zero-order valence-corrected chi connectivity index (χ0v) is 12.8. The van der Waals surface area contributed by atoms with Crippen molar-refractivity contribution >= 4 is 11.9 Å². The van der Waals surface area contributed by atoms with E-state index in [2.05, 4.69) is 10.1 Å². The number of ether oxygens (including phenoxy) is 3. The van der Waals surface area contributed by atoms with E-state index in [9.17, 15) is 9.59 Å². The van der Waals surface area contributed by atoms with E-state index in [1.54, 1.807) is 45.2 Å². The Balaban J connectivity index is 2.74. The van der Waals surface area contributed by atoms with E-state index in [4.69, 9.17) is 9.47 Å². The molecule has 0 bridgehead atoms. The standard InChI is InChI=1S/C15H21NO5/c1-15(2,14(18)20-4)16-13(17)11-6-5-7-12(10-11)21-9-8-19-3/h5-7,10H,8-9H2,1-4H3,(H,16,17). The van der Waals surface area contributed by atoms with Crippen molar-refractivity contribution in [3.05, 3.63) is 29.8 Å². The molecular weight excluding hydrogens is 274 g/mol. The normalized spacial score (nSPS) is 10.9. The highest BCUT2D eigenvalue weighted by Crippen LogP contribution is 2.14. The number of hydrogen-bond donors (Lipinski definition) is 1. The summed E-state index contributed by atoms with van der Waals surface area (Å²) in [6.07, 6.45) is 0. The fraction of sp³-hybridized carbons (Fsp3) is 0.467. The average Bonchev–Trinajstić information content (AvgIpc) is 2.46. The molecule has 1 rings (SSSR count). The van der Waals surface area contributed by atoms with Gasteiger partial charge >= 0.3 is 5.97 Å². The molecule has 116 valence electrons. The molecule has 0 spiro atoms. The van der Waals surface area contributed by atoms with Crippen molar-refractivity contribution in [1.29, 1.82) is 0 Å². The highest BCUT2D eigenvalue weighted by atomic mass is 16.5. The van der Waals surface area contributed by atoms with E-state index in [0.29, 0.717) is 24.5 Å². The summed E-state index contributed by atoms with van der Waals surface area (Å²) in [5.41, 5.74) is -0.694. The van der Waals surface area contributed by atoms with Gasteiger partial charge < -0.3 is 19.5 Å². The smallest absolute Gasteiger partial charge is 0.330 e. The van der Waals surface area contributed by atoms with Gasteiger partial charge in [0.05, 0.1) is 13.7 Å². The Morgan fingerprint density at radius 1 is 1.19 bits per heavy atom. The summed E-state index contributed by atoms with van der Waals surface area (Å²) in [4.78, 5) is 23.7. The van der Waals surface area contributed by atoms with Crippen LogP contribution < -0.4 is 10.1 Å². The lowest BCUT2D eigenvalue weighted by Crippen LogP contribution is -2.50. The Kier molecular flexibility index (Phi) is 6.17. The maximum absolute atomic E-state index is 12.2. The average molecular weight is 295 g/mol. The van der Waals surface area contributed by atoms with Crippen LogP contribution in [-0.2, 0) is 14.3 Å². The van der Waals surface area contributed by atoms with Crippen molar-refractivity contribution in [3.63, 3.8) is 0 Å². The second-order valence-electron chi connectivity index (χ2n) is 4.94. The fourth-order valence-corrected chi connectivity index (χ4v) is 1.63. The molecule has 0 saturated heterocycles. The van der Waals surface area contributed by atoms with Gasteiger partial charge in [-0.15, -0.1) is 0 Å². The van der Waals surface area contributed by atoms with Gasteiger partial charge in [0.1, 0.15) is 17.9 Å². The number of amides is 1. The van der Waals surface area contributed by atoms with Crippen molar-refractivity contribution in [2.24, 2.45) is 0 Å². The van der Waals surface area contributed by atoms with Gasteiger partial charge in [0, 0.05) is 12.7 Å². The summed E-state index contributed by atoms with van der Waals surface area (Å²) in [6, 6.07) is 6.71. The van der Waals surface area contributed by atoms with Gasteiger partial charge in [-0.2, -0.15) is 0 Å². The third-order valence-electron chi connectivity index (χ3n) is 2.77. The molecule has 0 aliphatic rings. The molecule has 0 fully saturated rings. The van der Waals surface area contributed by atoms with Gasteiger partial charge in [-0.1, -0.05) is 6.07 Å². The third-order valence-corrected chi connectivity index (χ3v) is 2.77. The fourth-order valence-electron chi connectivity index (χ4n) is 1.63. The molecule has 0 aromatic heterocycles. The molecule has 21 heavy (non-hydrogen) atoms. The number of methoxy groups -OCH3 is 2. The van der Waals surface area contributed by atoms with E-state index in [-0.39, 0.29) is 5.91 Å². The largest absolute Gasteiger partial charge is 0.491 e. The molecule has 1 aromatic rings. The van der Waals surface area contributed by atoms with Crippen molar-refractivity contribution in [2.45, 2.75) is 19.4 Å². The van der Waals surface area contributed by atoms with Crippen LogP contribution in [0.15, 0.2) is 24.3 Å². The number of carbonyl (C=O) groups excluding carboxylic acids is 2. The summed E-state index contributed by atoms with van der Waals surface area (Å²) < 4.78 is 15.0. The van der Waals surface area contributed by atoms with E-state index in [1.165, 1.54) is 7.11 Å². The molecule has 0 aliphatic carbocycles. The summed E-state index contributed by atoms with van der Waals surface area (Å²) in [7, 11) is 2.86. The Bertz CT molecular complexity index is 499. The summed E-state index contributed by atoms with van der Waals surface area (Å²) in [6.45, 7) is 4.02. The van der Waals surface area contributed by atoms with Crippen LogP contribution in [-0.4, -0.2) is 44.8 Å². The molecule has 0 saturated carbocycles. The van der Waals surface area contributed by atoms with Gasteiger partial charge in [-0.25, -0.2) is 4.79 Å². The topological polar surface area (TPSA) is 73.9 Å². The quantitative estimate of drug-likeness (QED) is 0.608. The number of rotatable bonds is 7. The van der Waals surface area contributed by atoms with Crippen molar-refractivity contribution in [2.75, 3.05) is 27.4 Å². The minimum atomic E-state index is -1.10. The minimum absolute atomic E-state index is 0.373. The van der Waals surface area contributed by atoms with Gasteiger partial charge in [0.15, 0.2) is 0 Å². The summed E-state index contributed by atoms with van der Waals surface area (Å²) >= 11 is 0. The molecule has 1 amide bonds. The van der Waals surface area contributed by atoms with Crippen LogP contribution in [0.1, 0.15) is 24.2 Å². The molecule has 0 radical (unpaired) electrons. The van der Waals surface area contributed by atoms with Crippen LogP contribution in [0, 0.1) is 0 Å². The minimum Gasteiger partial charge on any atom is -0.491 e. The lowest BCUT2D eigenvalue weighted by Gasteiger charge is -2.23. The Hall–Kier alpha value is -2.08. The number of carbonyl (C=O) groups is 2. The highest BCUT2D eigenvalue weighted by Gasteiger charge is 2.30. The van der Waals surface area contributed by atoms with E-state index in [0.717, 1.165) is 0 Å². The first-order valence-corrected chi connectivity index (χ1v) is 6.53. The molecule has 0 atom stereocenters. The second kappa shape index (κ2) is 7.64. The lowest BCUT2D eigenvalue weighted by atomic mass is 10.0. The van der Waals surface area contributed by atoms with E-state index in [1.807, 2.05) is 0 Å². The lowest BCUT2D eigenvalue weighted by molar-refractivity contribution is -0.146. The van der Waals surface area contributed by atoms with Crippen LogP contribution >= 0.6 is 0 Å². The first kappa shape index (κ1) is 17.0. The molecule has 6 nitrogen and oxygen atoms in total. The van der Waals surface area contributed by atoms with Gasteiger partial charge in [0.2, 0.25) is 0 Å². The van der Waals surface area contributed by atoms with E-state index >= 15 is 0 Å². The Labute approximate surface area is 124 Å². The van der Waals surface area contributed by atoms with Crippen molar-refractivity contribution in [1.82, 2.24) is 5.32 Å². The van der Waals surface area contributed by atoms with Crippen LogP contribution in [0.5, 0.6) is 5.75 Å².